The van der Waals surface area contributed by atoms with E-state index in [0.717, 1.165) is 12.0 Å². The predicted molar refractivity (Wildman–Crippen MR) is 76.4 cm³/mol. The quantitative estimate of drug-likeness (QED) is 0.721. The van der Waals surface area contributed by atoms with Gasteiger partial charge in [0.2, 0.25) is 0 Å². The molecule has 0 saturated carbocycles. The highest BCUT2D eigenvalue weighted by Gasteiger charge is 2.58. The first kappa shape index (κ1) is 13.6. The average Bonchev–Trinajstić information content (AvgIpc) is 2.52. The Morgan fingerprint density at radius 1 is 1.00 bits per heavy atom. The molecule has 1 atom stereocenters. The molecule has 1 N–H and O–H groups in total. The molecule has 0 aliphatic heterocycles. The van der Waals surface area contributed by atoms with Crippen LogP contribution in [-0.4, -0.2) is 5.11 Å². The van der Waals surface area contributed by atoms with Gasteiger partial charge in [-0.2, -0.15) is 0 Å². The molecule has 1 nitrogen and oxygen atoms in total. The van der Waals surface area contributed by atoms with Gasteiger partial charge in [0.05, 0.1) is 6.10 Å². The Morgan fingerprint density at radius 3 is 1.94 bits per heavy atom. The van der Waals surface area contributed by atoms with Crippen LogP contribution in [0.1, 0.15) is 58.8 Å². The van der Waals surface area contributed by atoms with Gasteiger partial charge in [0.25, 0.3) is 0 Å². The summed E-state index contributed by atoms with van der Waals surface area (Å²) in [6, 6.07) is 8.35. The van der Waals surface area contributed by atoms with Gasteiger partial charge < -0.3 is 5.11 Å². The van der Waals surface area contributed by atoms with E-state index >= 15 is 0 Å². The first-order valence-electron chi connectivity index (χ1n) is 6.87. The van der Waals surface area contributed by atoms with Crippen molar-refractivity contribution >= 4 is 0 Å². The van der Waals surface area contributed by atoms with Crippen molar-refractivity contribution in [3.63, 3.8) is 0 Å². The summed E-state index contributed by atoms with van der Waals surface area (Å²) in [6.45, 7) is 13.5. The standard InChI is InChI=1S/C17H26O/c1-15(2,3)17(16(4,5)6)11-12-9-7-8-10-13(12)14(17)18/h7-10,14,18H,11H2,1-6H3. The summed E-state index contributed by atoms with van der Waals surface area (Å²) in [6.07, 6.45) is 0.603. The summed E-state index contributed by atoms with van der Waals surface area (Å²) >= 11 is 0. The van der Waals surface area contributed by atoms with E-state index in [1.807, 2.05) is 6.07 Å². The van der Waals surface area contributed by atoms with E-state index in [4.69, 9.17) is 0 Å². The van der Waals surface area contributed by atoms with Crippen LogP contribution in [0.25, 0.3) is 0 Å². The molecule has 1 heteroatoms. The lowest BCUT2D eigenvalue weighted by atomic mass is 9.51. The number of aliphatic hydroxyl groups excluding tert-OH is 1. The third kappa shape index (κ3) is 1.64. The third-order valence-electron chi connectivity index (χ3n) is 4.96. The van der Waals surface area contributed by atoms with Crippen molar-refractivity contribution in [3.8, 4) is 0 Å². The zero-order chi connectivity index (χ0) is 13.8. The maximum absolute atomic E-state index is 11.0. The molecular weight excluding hydrogens is 220 g/mol. The molecule has 0 heterocycles. The van der Waals surface area contributed by atoms with Crippen molar-refractivity contribution in [1.29, 1.82) is 0 Å². The minimum Gasteiger partial charge on any atom is -0.388 e. The van der Waals surface area contributed by atoms with Gasteiger partial charge >= 0.3 is 0 Å². The van der Waals surface area contributed by atoms with E-state index < -0.39 is 0 Å². The SMILES string of the molecule is CC(C)(C)C1(C(C)(C)C)Cc2ccccc2C1O. The predicted octanol–water partition coefficient (Wildman–Crippen LogP) is 4.35. The van der Waals surface area contributed by atoms with E-state index in [2.05, 4.69) is 59.7 Å². The summed E-state index contributed by atoms with van der Waals surface area (Å²) in [7, 11) is 0. The Kier molecular flexibility index (Phi) is 2.90. The van der Waals surface area contributed by atoms with Gasteiger partial charge in [-0.3, -0.25) is 0 Å². The van der Waals surface area contributed by atoms with Crippen LogP contribution in [-0.2, 0) is 6.42 Å². The fourth-order valence-corrected chi connectivity index (χ4v) is 4.10. The van der Waals surface area contributed by atoms with Gasteiger partial charge in [-0.15, -0.1) is 0 Å². The zero-order valence-corrected chi connectivity index (χ0v) is 12.5. The van der Waals surface area contributed by atoms with Crippen molar-refractivity contribution in [2.45, 2.75) is 54.1 Å². The Morgan fingerprint density at radius 2 is 1.50 bits per heavy atom. The maximum Gasteiger partial charge on any atom is 0.0862 e. The minimum absolute atomic E-state index is 0.0592. The van der Waals surface area contributed by atoms with Gasteiger partial charge in [-0.05, 0) is 28.4 Å². The van der Waals surface area contributed by atoms with E-state index in [-0.39, 0.29) is 22.3 Å². The van der Waals surface area contributed by atoms with Crippen LogP contribution in [0, 0.1) is 16.2 Å². The summed E-state index contributed by atoms with van der Waals surface area (Å²) in [5, 5.41) is 11.0. The lowest BCUT2D eigenvalue weighted by Crippen LogP contribution is -2.49. The summed E-state index contributed by atoms with van der Waals surface area (Å²) in [5.74, 6) is 0. The lowest BCUT2D eigenvalue weighted by molar-refractivity contribution is -0.120. The van der Waals surface area contributed by atoms with E-state index in [0.29, 0.717) is 0 Å². The summed E-state index contributed by atoms with van der Waals surface area (Å²) in [5.41, 5.74) is 2.45. The number of fused-ring (bicyclic) bond motifs is 1. The van der Waals surface area contributed by atoms with Crippen LogP contribution in [0.15, 0.2) is 24.3 Å². The van der Waals surface area contributed by atoms with E-state index in [1.165, 1.54) is 5.56 Å². The zero-order valence-electron chi connectivity index (χ0n) is 12.5. The molecule has 1 aliphatic rings. The number of aliphatic hydroxyl groups is 1. The van der Waals surface area contributed by atoms with Crippen molar-refractivity contribution < 1.29 is 5.11 Å². The molecule has 1 aromatic rings. The number of hydrogen-bond donors (Lipinski definition) is 1. The summed E-state index contributed by atoms with van der Waals surface area (Å²) < 4.78 is 0. The highest BCUT2D eigenvalue weighted by atomic mass is 16.3. The molecule has 18 heavy (non-hydrogen) atoms. The van der Waals surface area contributed by atoms with Gasteiger partial charge in [0.1, 0.15) is 0 Å². The van der Waals surface area contributed by atoms with Crippen LogP contribution >= 0.6 is 0 Å². The van der Waals surface area contributed by atoms with Gasteiger partial charge in [0, 0.05) is 5.41 Å². The molecule has 1 unspecified atom stereocenters. The molecule has 1 aliphatic carbocycles. The highest BCUT2D eigenvalue weighted by Crippen LogP contribution is 2.63. The minimum atomic E-state index is -0.367. The van der Waals surface area contributed by atoms with Gasteiger partial charge in [-0.1, -0.05) is 65.8 Å². The number of rotatable bonds is 0. The molecule has 0 amide bonds. The van der Waals surface area contributed by atoms with Crippen LogP contribution in [0.2, 0.25) is 0 Å². The molecule has 0 spiro atoms. The number of hydrogen-bond acceptors (Lipinski definition) is 1. The largest absolute Gasteiger partial charge is 0.388 e. The second-order valence-corrected chi connectivity index (χ2v) is 7.75. The molecule has 0 saturated heterocycles. The monoisotopic (exact) mass is 246 g/mol. The fraction of sp³-hybridized carbons (Fsp3) is 0.647. The van der Waals surface area contributed by atoms with Crippen molar-refractivity contribution in [1.82, 2.24) is 0 Å². The second kappa shape index (κ2) is 3.84. The Hall–Kier alpha value is -0.820. The molecule has 0 radical (unpaired) electrons. The fourth-order valence-electron chi connectivity index (χ4n) is 4.10. The molecule has 2 rings (SSSR count). The van der Waals surface area contributed by atoms with Gasteiger partial charge in [0.15, 0.2) is 0 Å². The number of benzene rings is 1. The molecule has 1 aromatic carbocycles. The van der Waals surface area contributed by atoms with Crippen LogP contribution in [0.5, 0.6) is 0 Å². The Balaban J connectivity index is 2.62. The van der Waals surface area contributed by atoms with Crippen LogP contribution < -0.4 is 0 Å². The van der Waals surface area contributed by atoms with E-state index in [1.54, 1.807) is 0 Å². The normalized spacial score (nSPS) is 22.9. The van der Waals surface area contributed by atoms with Gasteiger partial charge in [-0.25, -0.2) is 0 Å². The van der Waals surface area contributed by atoms with E-state index in [9.17, 15) is 5.11 Å². The molecule has 0 aromatic heterocycles. The average molecular weight is 246 g/mol. The molecule has 0 fully saturated rings. The third-order valence-corrected chi connectivity index (χ3v) is 4.96. The Bertz CT molecular complexity index is 431. The summed E-state index contributed by atoms with van der Waals surface area (Å²) in [4.78, 5) is 0. The molecule has 100 valence electrons. The molecular formula is C17H26O. The molecule has 0 bridgehead atoms. The van der Waals surface area contributed by atoms with Crippen LogP contribution in [0.4, 0.5) is 0 Å². The lowest BCUT2D eigenvalue weighted by Gasteiger charge is -2.53. The first-order chi connectivity index (χ1) is 8.11. The van der Waals surface area contributed by atoms with Crippen molar-refractivity contribution in [2.24, 2.45) is 16.2 Å². The second-order valence-electron chi connectivity index (χ2n) is 7.75. The highest BCUT2D eigenvalue weighted by molar-refractivity contribution is 5.39. The van der Waals surface area contributed by atoms with Crippen molar-refractivity contribution in [3.05, 3.63) is 35.4 Å². The Labute approximate surface area is 111 Å². The first-order valence-corrected chi connectivity index (χ1v) is 6.87. The van der Waals surface area contributed by atoms with Crippen LogP contribution in [0.3, 0.4) is 0 Å². The maximum atomic E-state index is 11.0. The topological polar surface area (TPSA) is 20.2 Å². The van der Waals surface area contributed by atoms with Crippen molar-refractivity contribution in [2.75, 3.05) is 0 Å². The smallest absolute Gasteiger partial charge is 0.0862 e.